The van der Waals surface area contributed by atoms with E-state index in [0.29, 0.717) is 6.42 Å². The van der Waals surface area contributed by atoms with Crippen molar-refractivity contribution in [1.29, 1.82) is 0 Å². The maximum Gasteiger partial charge on any atom is 0.422 e. The van der Waals surface area contributed by atoms with Gasteiger partial charge >= 0.3 is 18.1 Å². The van der Waals surface area contributed by atoms with E-state index in [1.165, 1.54) is 0 Å². The van der Waals surface area contributed by atoms with Crippen molar-refractivity contribution in [2.75, 3.05) is 6.79 Å². The van der Waals surface area contributed by atoms with Crippen LogP contribution in [-0.4, -0.2) is 37.1 Å². The van der Waals surface area contributed by atoms with Gasteiger partial charge in [0, 0.05) is 5.92 Å². The van der Waals surface area contributed by atoms with Crippen LogP contribution in [0.25, 0.3) is 0 Å². The summed E-state index contributed by atoms with van der Waals surface area (Å²) in [4.78, 5) is 22.6. The van der Waals surface area contributed by atoms with E-state index in [4.69, 9.17) is 9.47 Å². The summed E-state index contributed by atoms with van der Waals surface area (Å²) < 4.78 is 51.6. The fourth-order valence-electron chi connectivity index (χ4n) is 3.50. The Labute approximate surface area is 118 Å². The minimum Gasteiger partial charge on any atom is -0.459 e. The molecule has 0 spiro atoms. The molecule has 116 valence electrons. The molecule has 21 heavy (non-hydrogen) atoms. The van der Waals surface area contributed by atoms with Crippen LogP contribution in [0.1, 0.15) is 12.8 Å². The van der Waals surface area contributed by atoms with Crippen LogP contribution in [0.5, 0.6) is 0 Å². The lowest BCUT2D eigenvalue weighted by molar-refractivity contribution is -0.175. The van der Waals surface area contributed by atoms with Gasteiger partial charge in [-0.3, -0.25) is 4.79 Å². The monoisotopic (exact) mass is 306 g/mol. The first-order valence-electron chi connectivity index (χ1n) is 6.54. The molecule has 0 radical (unpaired) electrons. The van der Waals surface area contributed by atoms with Crippen molar-refractivity contribution in [2.24, 2.45) is 17.8 Å². The molecule has 5 nitrogen and oxygen atoms in total. The second-order valence-electron chi connectivity index (χ2n) is 5.56. The Hall–Kier alpha value is -1.57. The number of rotatable bonds is 4. The van der Waals surface area contributed by atoms with Crippen LogP contribution in [0.3, 0.4) is 0 Å². The fourth-order valence-corrected chi connectivity index (χ4v) is 3.50. The Morgan fingerprint density at radius 3 is 2.76 bits per heavy atom. The lowest BCUT2D eigenvalue weighted by Crippen LogP contribution is -2.35. The van der Waals surface area contributed by atoms with Gasteiger partial charge in [0.15, 0.2) is 6.79 Å². The predicted octanol–water partition coefficient (Wildman–Crippen LogP) is 1.57. The highest BCUT2D eigenvalue weighted by Crippen LogP contribution is 2.55. The largest absolute Gasteiger partial charge is 0.459 e. The standard InChI is InChI=1S/C13H13F3O5/c1-5(13(14,15)16)11(17)20-4-19-9-6-2-7-8(3-6)12(18)21-10(7)9/h6-10H,1-4H2. The van der Waals surface area contributed by atoms with Crippen molar-refractivity contribution in [3.63, 3.8) is 0 Å². The van der Waals surface area contributed by atoms with Crippen LogP contribution in [0.2, 0.25) is 0 Å². The minimum atomic E-state index is -4.82. The molecule has 0 aromatic carbocycles. The first-order valence-corrected chi connectivity index (χ1v) is 6.54. The molecular weight excluding hydrogens is 293 g/mol. The zero-order valence-corrected chi connectivity index (χ0v) is 10.9. The van der Waals surface area contributed by atoms with Crippen LogP contribution in [-0.2, 0) is 23.8 Å². The summed E-state index contributed by atoms with van der Waals surface area (Å²) in [7, 11) is 0. The predicted molar refractivity (Wildman–Crippen MR) is 60.6 cm³/mol. The molecule has 3 fully saturated rings. The molecule has 0 amide bonds. The van der Waals surface area contributed by atoms with E-state index < -0.39 is 30.6 Å². The van der Waals surface area contributed by atoms with Gasteiger partial charge in [0.1, 0.15) is 17.8 Å². The average molecular weight is 306 g/mol. The van der Waals surface area contributed by atoms with Crippen LogP contribution in [0.15, 0.2) is 12.2 Å². The van der Waals surface area contributed by atoms with E-state index in [-0.39, 0.29) is 29.8 Å². The SMILES string of the molecule is C=C(C(=O)OCOC1C2CC3C(=O)OC1C3C2)C(F)(F)F. The third-order valence-electron chi connectivity index (χ3n) is 4.45. The lowest BCUT2D eigenvalue weighted by Gasteiger charge is -2.25. The van der Waals surface area contributed by atoms with Gasteiger partial charge in [-0.15, -0.1) is 0 Å². The molecule has 2 saturated carbocycles. The van der Waals surface area contributed by atoms with Crippen molar-refractivity contribution < 1.29 is 37.0 Å². The third-order valence-corrected chi connectivity index (χ3v) is 4.45. The molecule has 3 aliphatic rings. The summed E-state index contributed by atoms with van der Waals surface area (Å²) in [5.41, 5.74) is -1.58. The van der Waals surface area contributed by atoms with Gasteiger partial charge in [0.2, 0.25) is 0 Å². The second kappa shape index (κ2) is 4.72. The molecule has 5 unspecified atom stereocenters. The van der Waals surface area contributed by atoms with Gasteiger partial charge in [-0.2, -0.15) is 13.2 Å². The average Bonchev–Trinajstić information content (AvgIpc) is 3.00. The van der Waals surface area contributed by atoms with Crippen molar-refractivity contribution in [3.8, 4) is 0 Å². The van der Waals surface area contributed by atoms with Crippen molar-refractivity contribution >= 4 is 11.9 Å². The molecule has 1 aliphatic heterocycles. The number of fused-ring (bicyclic) bond motifs is 1. The number of esters is 2. The quantitative estimate of drug-likeness (QED) is 0.448. The number of carbonyl (C=O) groups is 2. The number of alkyl halides is 3. The zero-order chi connectivity index (χ0) is 15.4. The summed E-state index contributed by atoms with van der Waals surface area (Å²) in [6.45, 7) is 2.03. The second-order valence-corrected chi connectivity index (χ2v) is 5.56. The van der Waals surface area contributed by atoms with Gasteiger partial charge in [0.05, 0.1) is 5.92 Å². The van der Waals surface area contributed by atoms with Crippen molar-refractivity contribution in [3.05, 3.63) is 12.2 Å². The number of hydrogen-bond donors (Lipinski definition) is 0. The van der Waals surface area contributed by atoms with E-state index in [1.807, 2.05) is 0 Å². The van der Waals surface area contributed by atoms with E-state index >= 15 is 0 Å². The van der Waals surface area contributed by atoms with Gasteiger partial charge in [-0.25, -0.2) is 4.79 Å². The molecule has 1 saturated heterocycles. The minimum absolute atomic E-state index is 0.0765. The summed E-state index contributed by atoms with van der Waals surface area (Å²) in [5.74, 6) is -1.63. The van der Waals surface area contributed by atoms with Gasteiger partial charge in [-0.05, 0) is 18.8 Å². The van der Waals surface area contributed by atoms with Gasteiger partial charge < -0.3 is 14.2 Å². The Kier molecular flexibility index (Phi) is 3.23. The maximum absolute atomic E-state index is 12.2. The third kappa shape index (κ3) is 2.31. The Bertz CT molecular complexity index is 501. The molecule has 3 rings (SSSR count). The number of halogens is 3. The molecule has 8 heteroatoms. The first kappa shape index (κ1) is 14.4. The summed E-state index contributed by atoms with van der Waals surface area (Å²) in [5, 5.41) is 0. The van der Waals surface area contributed by atoms with Gasteiger partial charge in [-0.1, -0.05) is 6.58 Å². The number of carbonyl (C=O) groups excluding carboxylic acids is 2. The van der Waals surface area contributed by atoms with Gasteiger partial charge in [0.25, 0.3) is 0 Å². The molecule has 2 aliphatic carbocycles. The van der Waals surface area contributed by atoms with E-state index in [1.54, 1.807) is 0 Å². The van der Waals surface area contributed by atoms with E-state index in [9.17, 15) is 22.8 Å². The number of hydrogen-bond acceptors (Lipinski definition) is 5. The first-order chi connectivity index (χ1) is 9.79. The molecule has 1 heterocycles. The van der Waals surface area contributed by atoms with E-state index in [2.05, 4.69) is 11.3 Å². The molecular formula is C13H13F3O5. The Morgan fingerprint density at radius 2 is 2.10 bits per heavy atom. The molecule has 2 bridgehead atoms. The molecule has 0 aromatic rings. The molecule has 0 aromatic heterocycles. The van der Waals surface area contributed by atoms with Crippen molar-refractivity contribution in [1.82, 2.24) is 0 Å². The van der Waals surface area contributed by atoms with Crippen LogP contribution in [0.4, 0.5) is 13.2 Å². The van der Waals surface area contributed by atoms with Crippen molar-refractivity contribution in [2.45, 2.75) is 31.2 Å². The number of ether oxygens (including phenoxy) is 3. The highest BCUT2D eigenvalue weighted by Gasteiger charge is 2.62. The Morgan fingerprint density at radius 1 is 1.38 bits per heavy atom. The van der Waals surface area contributed by atoms with Crippen LogP contribution >= 0.6 is 0 Å². The highest BCUT2D eigenvalue weighted by atomic mass is 19.4. The summed E-state index contributed by atoms with van der Waals surface area (Å²) in [6.07, 6.45) is -4.14. The summed E-state index contributed by atoms with van der Waals surface area (Å²) in [6, 6.07) is 0. The maximum atomic E-state index is 12.2. The van der Waals surface area contributed by atoms with E-state index in [0.717, 1.165) is 6.42 Å². The fraction of sp³-hybridized carbons (Fsp3) is 0.692. The normalized spacial score (nSPS) is 36.7. The smallest absolute Gasteiger partial charge is 0.422 e. The topological polar surface area (TPSA) is 61.8 Å². The summed E-state index contributed by atoms with van der Waals surface area (Å²) >= 11 is 0. The van der Waals surface area contributed by atoms with Crippen LogP contribution < -0.4 is 0 Å². The molecule has 0 N–H and O–H groups in total. The van der Waals surface area contributed by atoms with Crippen LogP contribution in [0, 0.1) is 17.8 Å². The highest BCUT2D eigenvalue weighted by molar-refractivity contribution is 5.89. The zero-order valence-electron chi connectivity index (χ0n) is 10.9. The Balaban J connectivity index is 1.50. The lowest BCUT2D eigenvalue weighted by atomic mass is 9.88. The molecule has 5 atom stereocenters.